The van der Waals surface area contributed by atoms with Gasteiger partial charge in [-0.25, -0.2) is 0 Å². The van der Waals surface area contributed by atoms with Gasteiger partial charge in [0, 0.05) is 0 Å². The van der Waals surface area contributed by atoms with Crippen molar-refractivity contribution in [2.45, 2.75) is 6.92 Å². The van der Waals surface area contributed by atoms with E-state index in [0.717, 1.165) is 17.5 Å². The van der Waals surface area contributed by atoms with Crippen molar-refractivity contribution in [2.75, 3.05) is 5.73 Å². The van der Waals surface area contributed by atoms with Crippen molar-refractivity contribution in [1.82, 2.24) is 8.75 Å². The summed E-state index contributed by atoms with van der Waals surface area (Å²) in [6.07, 6.45) is 0. The van der Waals surface area contributed by atoms with Crippen LogP contribution in [0.15, 0.2) is 16.5 Å². The minimum Gasteiger partial charge on any atom is -0.460 e. The molecule has 0 spiro atoms. The second kappa shape index (κ2) is 2.60. The van der Waals surface area contributed by atoms with Crippen molar-refractivity contribution < 1.29 is 4.42 Å². The molecule has 12 heavy (non-hydrogen) atoms. The smallest absolute Gasteiger partial charge is 0.168 e. The summed E-state index contributed by atoms with van der Waals surface area (Å²) in [6.45, 7) is 1.87. The highest BCUT2D eigenvalue weighted by Crippen LogP contribution is 2.24. The van der Waals surface area contributed by atoms with Crippen LogP contribution in [0.3, 0.4) is 0 Å². The highest BCUT2D eigenvalue weighted by Gasteiger charge is 2.10. The average Bonchev–Trinajstić information content (AvgIpc) is 2.58. The number of aromatic nitrogens is 2. The first-order valence-electron chi connectivity index (χ1n) is 3.42. The number of anilines is 1. The van der Waals surface area contributed by atoms with Gasteiger partial charge in [0.1, 0.15) is 5.76 Å². The fourth-order valence-corrected chi connectivity index (χ4v) is 1.41. The molecule has 2 N–H and O–H groups in total. The Morgan fingerprint density at radius 3 is 2.75 bits per heavy atom. The molecule has 0 aliphatic carbocycles. The molecule has 2 aromatic rings. The van der Waals surface area contributed by atoms with Crippen molar-refractivity contribution in [3.05, 3.63) is 17.9 Å². The van der Waals surface area contributed by atoms with Crippen LogP contribution in [0.4, 0.5) is 5.82 Å². The van der Waals surface area contributed by atoms with E-state index in [1.165, 1.54) is 0 Å². The summed E-state index contributed by atoms with van der Waals surface area (Å²) in [4.78, 5) is 0. The first kappa shape index (κ1) is 7.30. The average molecular weight is 181 g/mol. The third-order valence-electron chi connectivity index (χ3n) is 1.49. The quantitative estimate of drug-likeness (QED) is 0.727. The predicted molar refractivity (Wildman–Crippen MR) is 46.8 cm³/mol. The van der Waals surface area contributed by atoms with Crippen LogP contribution in [-0.2, 0) is 0 Å². The Kier molecular flexibility index (Phi) is 1.58. The number of nitrogens with two attached hydrogens (primary N) is 1. The van der Waals surface area contributed by atoms with Gasteiger partial charge >= 0.3 is 0 Å². The molecule has 2 rings (SSSR count). The zero-order chi connectivity index (χ0) is 8.55. The Bertz CT molecular complexity index is 393. The first-order chi connectivity index (χ1) is 5.77. The van der Waals surface area contributed by atoms with Gasteiger partial charge in [0.25, 0.3) is 0 Å². The highest BCUT2D eigenvalue weighted by atomic mass is 32.1. The van der Waals surface area contributed by atoms with Crippen LogP contribution in [0, 0.1) is 6.92 Å². The lowest BCUT2D eigenvalue weighted by atomic mass is 10.3. The van der Waals surface area contributed by atoms with E-state index in [0.29, 0.717) is 17.3 Å². The SMILES string of the molecule is Cc1ccc(-c2nsnc2N)o1. The number of furan rings is 1. The molecule has 0 radical (unpaired) electrons. The van der Waals surface area contributed by atoms with Crippen LogP contribution in [0.5, 0.6) is 0 Å². The fraction of sp³-hybridized carbons (Fsp3) is 0.143. The Hall–Kier alpha value is -1.36. The largest absolute Gasteiger partial charge is 0.460 e. The van der Waals surface area contributed by atoms with Crippen molar-refractivity contribution in [1.29, 1.82) is 0 Å². The second-order valence-corrected chi connectivity index (χ2v) is 2.94. The van der Waals surface area contributed by atoms with Crippen LogP contribution >= 0.6 is 11.7 Å². The number of nitrogens with zero attached hydrogens (tertiary/aromatic N) is 2. The van der Waals surface area contributed by atoms with Crippen LogP contribution < -0.4 is 5.73 Å². The minimum atomic E-state index is 0.425. The van der Waals surface area contributed by atoms with Gasteiger partial charge < -0.3 is 10.2 Å². The van der Waals surface area contributed by atoms with Gasteiger partial charge in [0.2, 0.25) is 0 Å². The molecule has 4 nitrogen and oxygen atoms in total. The summed E-state index contributed by atoms with van der Waals surface area (Å²) in [7, 11) is 0. The summed E-state index contributed by atoms with van der Waals surface area (Å²) in [5, 5.41) is 0. The topological polar surface area (TPSA) is 64.9 Å². The normalized spacial score (nSPS) is 10.4. The predicted octanol–water partition coefficient (Wildman–Crippen LogP) is 1.69. The van der Waals surface area contributed by atoms with Gasteiger partial charge in [-0.15, -0.1) is 0 Å². The summed E-state index contributed by atoms with van der Waals surface area (Å²) < 4.78 is 13.2. The number of nitrogen functional groups attached to an aromatic ring is 1. The molecule has 0 amide bonds. The summed E-state index contributed by atoms with van der Waals surface area (Å²) in [6, 6.07) is 3.70. The standard InChI is InChI=1S/C7H7N3OS/c1-4-2-3-5(11-4)6-7(8)10-12-9-6/h2-3H,1H3,(H2,8,10). The highest BCUT2D eigenvalue weighted by molar-refractivity contribution is 6.99. The fourth-order valence-electron chi connectivity index (χ4n) is 0.928. The molecule has 0 aliphatic rings. The van der Waals surface area contributed by atoms with Crippen molar-refractivity contribution >= 4 is 17.5 Å². The number of hydrogen-bond acceptors (Lipinski definition) is 5. The van der Waals surface area contributed by atoms with E-state index in [1.807, 2.05) is 19.1 Å². The second-order valence-electron chi connectivity index (χ2n) is 2.41. The molecule has 62 valence electrons. The molecule has 0 aliphatic heterocycles. The Balaban J connectivity index is 2.50. The van der Waals surface area contributed by atoms with Gasteiger partial charge in [0.15, 0.2) is 17.3 Å². The van der Waals surface area contributed by atoms with Crippen LogP contribution in [0.2, 0.25) is 0 Å². The first-order valence-corrected chi connectivity index (χ1v) is 4.15. The Morgan fingerprint density at radius 2 is 2.25 bits per heavy atom. The molecule has 0 saturated carbocycles. The molecule has 5 heteroatoms. The van der Waals surface area contributed by atoms with E-state index in [-0.39, 0.29) is 0 Å². The van der Waals surface area contributed by atoms with Gasteiger partial charge in [-0.05, 0) is 19.1 Å². The molecule has 2 heterocycles. The maximum Gasteiger partial charge on any atom is 0.168 e. The summed E-state index contributed by atoms with van der Waals surface area (Å²) >= 11 is 1.09. The third-order valence-corrected chi connectivity index (χ3v) is 2.03. The van der Waals surface area contributed by atoms with E-state index in [9.17, 15) is 0 Å². The molecule has 2 aromatic heterocycles. The van der Waals surface area contributed by atoms with E-state index >= 15 is 0 Å². The minimum absolute atomic E-state index is 0.425. The molecule has 0 unspecified atom stereocenters. The monoisotopic (exact) mass is 181 g/mol. The summed E-state index contributed by atoms with van der Waals surface area (Å²) in [5.74, 6) is 1.95. The maximum atomic E-state index is 5.56. The van der Waals surface area contributed by atoms with Gasteiger partial charge in [0.05, 0.1) is 11.7 Å². The number of rotatable bonds is 1. The van der Waals surface area contributed by atoms with Gasteiger partial charge in [-0.2, -0.15) is 8.75 Å². The van der Waals surface area contributed by atoms with E-state index < -0.39 is 0 Å². The van der Waals surface area contributed by atoms with Crippen molar-refractivity contribution in [2.24, 2.45) is 0 Å². The lowest BCUT2D eigenvalue weighted by Crippen LogP contribution is -1.86. The zero-order valence-corrected chi connectivity index (χ0v) is 7.26. The Morgan fingerprint density at radius 1 is 1.42 bits per heavy atom. The molecular formula is C7H7N3OS. The van der Waals surface area contributed by atoms with E-state index in [4.69, 9.17) is 10.2 Å². The molecule has 0 fully saturated rings. The number of aryl methyl sites for hydroxylation is 1. The van der Waals surface area contributed by atoms with E-state index in [1.54, 1.807) is 0 Å². The van der Waals surface area contributed by atoms with Gasteiger partial charge in [-0.1, -0.05) is 0 Å². The molecule has 0 bridgehead atoms. The van der Waals surface area contributed by atoms with Crippen LogP contribution in [0.1, 0.15) is 5.76 Å². The summed E-state index contributed by atoms with van der Waals surface area (Å²) in [5.41, 5.74) is 6.19. The lowest BCUT2D eigenvalue weighted by Gasteiger charge is -1.89. The molecule has 0 saturated heterocycles. The lowest BCUT2D eigenvalue weighted by molar-refractivity contribution is 0.547. The molecule has 0 atom stereocenters. The number of hydrogen-bond donors (Lipinski definition) is 1. The molecular weight excluding hydrogens is 174 g/mol. The van der Waals surface area contributed by atoms with Crippen LogP contribution in [-0.4, -0.2) is 8.75 Å². The van der Waals surface area contributed by atoms with E-state index in [2.05, 4.69) is 8.75 Å². The third kappa shape index (κ3) is 1.08. The Labute approximate surface area is 73.3 Å². The van der Waals surface area contributed by atoms with Crippen LogP contribution in [0.25, 0.3) is 11.5 Å². The van der Waals surface area contributed by atoms with Crippen molar-refractivity contribution in [3.63, 3.8) is 0 Å². The van der Waals surface area contributed by atoms with Crippen molar-refractivity contribution in [3.8, 4) is 11.5 Å². The molecule has 0 aromatic carbocycles. The van der Waals surface area contributed by atoms with Gasteiger partial charge in [-0.3, -0.25) is 0 Å². The zero-order valence-electron chi connectivity index (χ0n) is 6.44. The maximum absolute atomic E-state index is 5.56.